The zero-order chi connectivity index (χ0) is 19.6. The fourth-order valence-electron chi connectivity index (χ4n) is 2.55. The molecule has 0 amide bonds. The van der Waals surface area contributed by atoms with Crippen molar-refractivity contribution in [1.29, 1.82) is 0 Å². The number of ether oxygens (including phenoxy) is 3. The lowest BCUT2D eigenvalue weighted by atomic mass is 10.2. The lowest BCUT2D eigenvalue weighted by molar-refractivity contribution is -0.0867. The van der Waals surface area contributed by atoms with Crippen LogP contribution in [0.3, 0.4) is 0 Å². The predicted octanol–water partition coefficient (Wildman–Crippen LogP) is 1.32. The van der Waals surface area contributed by atoms with E-state index in [1.54, 1.807) is 6.07 Å². The highest BCUT2D eigenvalue weighted by Crippen LogP contribution is 2.47. The van der Waals surface area contributed by atoms with Crippen LogP contribution in [-0.2, 0) is 9.47 Å². The predicted molar refractivity (Wildman–Crippen MR) is 96.6 cm³/mol. The number of aliphatic hydroxyl groups excluding tert-OH is 1. The highest BCUT2D eigenvalue weighted by Gasteiger charge is 2.55. The van der Waals surface area contributed by atoms with E-state index in [0.29, 0.717) is 0 Å². The lowest BCUT2D eigenvalue weighted by Crippen LogP contribution is -2.41. The van der Waals surface area contributed by atoms with Gasteiger partial charge in [0.2, 0.25) is 0 Å². The molecule has 4 atom stereocenters. The van der Waals surface area contributed by atoms with Crippen molar-refractivity contribution >= 4 is 27.5 Å². The Balaban J connectivity index is 1.62. The van der Waals surface area contributed by atoms with E-state index < -0.39 is 39.3 Å². The summed E-state index contributed by atoms with van der Waals surface area (Å²) in [5, 5.41) is 10.4. The first-order chi connectivity index (χ1) is 12.8. The van der Waals surface area contributed by atoms with Gasteiger partial charge in [0.25, 0.3) is 5.56 Å². The molecule has 2 heterocycles. The van der Waals surface area contributed by atoms with Gasteiger partial charge in [-0.15, -0.1) is 0 Å². The van der Waals surface area contributed by atoms with Crippen LogP contribution in [0.15, 0.2) is 46.1 Å². The largest absolute Gasteiger partial charge is 0.467 e. The second-order valence-electron chi connectivity index (χ2n) is 5.75. The molecule has 1 fully saturated rings. The summed E-state index contributed by atoms with van der Waals surface area (Å²) >= 11 is 9.48. The van der Waals surface area contributed by atoms with Crippen molar-refractivity contribution < 1.29 is 23.7 Å². The summed E-state index contributed by atoms with van der Waals surface area (Å²) in [4.78, 5) is 25.2. The Hall–Kier alpha value is -1.72. The van der Waals surface area contributed by atoms with E-state index in [-0.39, 0.29) is 19.1 Å². The van der Waals surface area contributed by atoms with Gasteiger partial charge in [-0.25, -0.2) is 9.18 Å². The van der Waals surface area contributed by atoms with E-state index >= 15 is 0 Å². The number of nitrogens with one attached hydrogen (secondary N) is 1. The Bertz CT molecular complexity index is 920. The normalized spacial score (nSPS) is 27.6. The number of rotatable bonds is 6. The van der Waals surface area contributed by atoms with Crippen LogP contribution in [0.1, 0.15) is 6.23 Å². The third kappa shape index (κ3) is 4.41. The van der Waals surface area contributed by atoms with Crippen LogP contribution in [0, 0.1) is 5.82 Å². The molecule has 0 unspecified atom stereocenters. The molecule has 146 valence electrons. The van der Waals surface area contributed by atoms with Gasteiger partial charge in [-0.05, 0) is 12.1 Å². The summed E-state index contributed by atoms with van der Waals surface area (Å²) in [5.74, 6) is -0.157. The van der Waals surface area contributed by atoms with Crippen LogP contribution >= 0.6 is 27.5 Å². The van der Waals surface area contributed by atoms with Crippen LogP contribution in [0.25, 0.3) is 0 Å². The number of aromatic nitrogens is 2. The molecular formula is C16H15BrClFN2O6. The van der Waals surface area contributed by atoms with E-state index in [9.17, 15) is 19.1 Å². The first-order valence-electron chi connectivity index (χ1n) is 7.78. The smallest absolute Gasteiger partial charge is 0.330 e. The molecule has 0 bridgehead atoms. The van der Waals surface area contributed by atoms with Crippen LogP contribution in [0.5, 0.6) is 5.75 Å². The van der Waals surface area contributed by atoms with Gasteiger partial charge >= 0.3 is 5.69 Å². The number of hydrogen-bond donors (Lipinski definition) is 2. The van der Waals surface area contributed by atoms with Crippen molar-refractivity contribution in [2.24, 2.45) is 0 Å². The minimum atomic E-state index is -1.52. The van der Waals surface area contributed by atoms with Gasteiger partial charge < -0.3 is 19.3 Å². The minimum Gasteiger partial charge on any atom is -0.467 e. The van der Waals surface area contributed by atoms with Gasteiger partial charge in [-0.2, -0.15) is 0 Å². The average molecular weight is 466 g/mol. The number of nitrogens with zero attached hydrogens (tertiary/aromatic N) is 1. The Morgan fingerprint density at radius 3 is 2.89 bits per heavy atom. The monoisotopic (exact) mass is 464 g/mol. The number of halogens is 3. The first kappa shape index (κ1) is 20.0. The molecule has 0 aliphatic carbocycles. The Morgan fingerprint density at radius 2 is 2.19 bits per heavy atom. The molecule has 0 spiro atoms. The number of aliphatic hydroxyl groups is 1. The summed E-state index contributed by atoms with van der Waals surface area (Å²) in [6.45, 7) is -0.317. The van der Waals surface area contributed by atoms with Crippen molar-refractivity contribution in [3.63, 3.8) is 0 Å². The number of hydrogen-bond acceptors (Lipinski definition) is 6. The molecule has 8 nitrogen and oxygen atoms in total. The Labute approximate surface area is 165 Å². The molecule has 0 saturated carbocycles. The van der Waals surface area contributed by atoms with Crippen molar-refractivity contribution in [3.8, 4) is 5.75 Å². The van der Waals surface area contributed by atoms with Gasteiger partial charge in [-0.1, -0.05) is 33.6 Å². The van der Waals surface area contributed by atoms with Crippen LogP contribution in [0.2, 0.25) is 0 Å². The quantitative estimate of drug-likeness (QED) is 0.379. The fourth-order valence-corrected chi connectivity index (χ4v) is 3.47. The second kappa shape index (κ2) is 8.11. The first-order valence-corrected chi connectivity index (χ1v) is 8.95. The van der Waals surface area contributed by atoms with Crippen LogP contribution < -0.4 is 16.0 Å². The molecule has 3 rings (SSSR count). The minimum absolute atomic E-state index is 0.106. The molecule has 11 heteroatoms. The molecule has 1 aliphatic rings. The summed E-state index contributed by atoms with van der Waals surface area (Å²) in [5.41, 5.74) is -1.31. The number of alkyl halides is 2. The second-order valence-corrected chi connectivity index (χ2v) is 8.15. The SMILES string of the molecule is O=c1ccn([C@@H]2O[C@H](COCOc3cccc(F)c3)[C@@H](O)[C@@]2(Cl)Br)c(=O)[nH]1. The standard InChI is InChI=1S/C16H15BrClFN2O6/c17-16(18)13(23)11(7-25-8-26-10-3-1-2-9(19)6-10)27-14(16)21-5-4-12(22)20-15(21)24/h1-6,11,13-14,23H,7-8H2,(H,20,22,24)/t11-,13-,14-,16+/m1/s1. The Morgan fingerprint density at radius 1 is 1.41 bits per heavy atom. The van der Waals surface area contributed by atoms with E-state index in [4.69, 9.17) is 25.8 Å². The van der Waals surface area contributed by atoms with Gasteiger partial charge in [0.15, 0.2) is 16.8 Å². The van der Waals surface area contributed by atoms with E-state index in [1.807, 2.05) is 0 Å². The summed E-state index contributed by atoms with van der Waals surface area (Å²) in [7, 11) is 0. The molecule has 0 radical (unpaired) electrons. The van der Waals surface area contributed by atoms with Crippen molar-refractivity contribution in [2.75, 3.05) is 13.4 Å². The number of benzene rings is 1. The molecular weight excluding hydrogens is 451 g/mol. The maximum absolute atomic E-state index is 13.1. The van der Waals surface area contributed by atoms with Crippen molar-refractivity contribution in [2.45, 2.75) is 22.2 Å². The van der Waals surface area contributed by atoms with Crippen LogP contribution in [0.4, 0.5) is 4.39 Å². The highest BCUT2D eigenvalue weighted by molar-refractivity contribution is 9.10. The average Bonchev–Trinajstić information content (AvgIpc) is 2.82. The third-order valence-electron chi connectivity index (χ3n) is 3.87. The molecule has 1 saturated heterocycles. The molecule has 1 aliphatic heterocycles. The molecule has 27 heavy (non-hydrogen) atoms. The molecule has 2 aromatic rings. The third-order valence-corrected chi connectivity index (χ3v) is 5.14. The molecule has 2 N–H and O–H groups in total. The number of aromatic amines is 1. The van der Waals surface area contributed by atoms with E-state index in [1.165, 1.54) is 24.4 Å². The van der Waals surface area contributed by atoms with Gasteiger partial charge in [0.05, 0.1) is 6.61 Å². The van der Waals surface area contributed by atoms with Crippen molar-refractivity contribution in [3.05, 3.63) is 63.2 Å². The highest BCUT2D eigenvalue weighted by atomic mass is 79.9. The maximum Gasteiger partial charge on any atom is 0.330 e. The van der Waals surface area contributed by atoms with Gasteiger partial charge in [0.1, 0.15) is 23.8 Å². The molecule has 1 aromatic heterocycles. The lowest BCUT2D eigenvalue weighted by Gasteiger charge is -2.24. The maximum atomic E-state index is 13.1. The van der Waals surface area contributed by atoms with E-state index in [2.05, 4.69) is 20.9 Å². The summed E-state index contributed by atoms with van der Waals surface area (Å²) in [6, 6.07) is 6.67. The zero-order valence-electron chi connectivity index (χ0n) is 13.7. The van der Waals surface area contributed by atoms with E-state index in [0.717, 1.165) is 10.6 Å². The van der Waals surface area contributed by atoms with Crippen molar-refractivity contribution in [1.82, 2.24) is 9.55 Å². The Kier molecular flexibility index (Phi) is 6.02. The zero-order valence-corrected chi connectivity index (χ0v) is 16.0. The molecule has 1 aromatic carbocycles. The summed E-state index contributed by atoms with van der Waals surface area (Å²) in [6.07, 6.45) is -2.01. The number of H-pyrrole nitrogens is 1. The van der Waals surface area contributed by atoms with Crippen LogP contribution in [-0.4, -0.2) is 44.0 Å². The summed E-state index contributed by atoms with van der Waals surface area (Å²) < 4.78 is 28.8. The fraction of sp³-hybridized carbons (Fsp3) is 0.375. The topological polar surface area (TPSA) is 103 Å². The van der Waals surface area contributed by atoms with Gasteiger partial charge in [-0.3, -0.25) is 14.3 Å². The van der Waals surface area contributed by atoms with Gasteiger partial charge in [0, 0.05) is 18.3 Å².